The number of fused-ring (bicyclic) bond motifs is 1. The quantitative estimate of drug-likeness (QED) is 0.717. The highest BCUT2D eigenvalue weighted by molar-refractivity contribution is 5.92. The predicted octanol–water partition coefficient (Wildman–Crippen LogP) is 3.71. The van der Waals surface area contributed by atoms with Gasteiger partial charge < -0.3 is 4.79 Å². The van der Waals surface area contributed by atoms with Gasteiger partial charge >= 0.3 is 0 Å². The monoisotopic (exact) mass is 343 g/mol. The molecule has 0 radical (unpaired) electrons. The predicted molar refractivity (Wildman–Crippen MR) is 97.0 cm³/mol. The van der Waals surface area contributed by atoms with Gasteiger partial charge in [-0.2, -0.15) is 0 Å². The lowest BCUT2D eigenvalue weighted by atomic mass is 9.44. The van der Waals surface area contributed by atoms with Crippen LogP contribution in [0.5, 0.6) is 0 Å². The molecule has 4 saturated carbocycles. The van der Waals surface area contributed by atoms with E-state index in [0.717, 1.165) is 25.8 Å². The molecule has 1 unspecified atom stereocenters. The first kappa shape index (κ1) is 16.5. The minimum absolute atomic E-state index is 0.0158. The molecule has 2 spiro atoms. The van der Waals surface area contributed by atoms with Gasteiger partial charge in [-0.3, -0.25) is 9.69 Å². The summed E-state index contributed by atoms with van der Waals surface area (Å²) in [5, 5.41) is 0. The minimum Gasteiger partial charge on any atom is -0.303 e. The number of likely N-dealkylation sites (tertiary alicyclic amines) is 1. The van der Waals surface area contributed by atoms with E-state index in [1.54, 1.807) is 0 Å². The average Bonchev–Trinajstić information content (AvgIpc) is 2.98. The van der Waals surface area contributed by atoms with Gasteiger partial charge in [-0.05, 0) is 61.3 Å². The Morgan fingerprint density at radius 3 is 2.76 bits per heavy atom. The van der Waals surface area contributed by atoms with Gasteiger partial charge in [0.2, 0.25) is 0 Å². The molecule has 0 amide bonds. The number of rotatable bonds is 2. The normalized spacial score (nSPS) is 57.2. The van der Waals surface area contributed by atoms with Gasteiger partial charge in [0.1, 0.15) is 12.1 Å². The van der Waals surface area contributed by atoms with Crippen molar-refractivity contribution in [1.29, 1.82) is 0 Å². The Labute approximate surface area is 151 Å². The molecule has 1 heterocycles. The van der Waals surface area contributed by atoms with Crippen LogP contribution in [-0.2, 0) is 9.59 Å². The number of piperidine rings is 1. The minimum atomic E-state index is -0.323. The summed E-state index contributed by atoms with van der Waals surface area (Å²) in [6.07, 6.45) is 9.33. The molecule has 25 heavy (non-hydrogen) atoms. The molecular formula is C22H33NO2. The maximum atomic E-state index is 13.6. The molecule has 4 aliphatic carbocycles. The summed E-state index contributed by atoms with van der Waals surface area (Å²) in [6.45, 7) is 9.13. The molecule has 138 valence electrons. The molecule has 5 fully saturated rings. The molecule has 5 bridgehead atoms. The molecule has 3 heteroatoms. The maximum Gasteiger partial charge on any atom is 0.142 e. The van der Waals surface area contributed by atoms with Crippen molar-refractivity contribution in [1.82, 2.24) is 4.90 Å². The Morgan fingerprint density at radius 1 is 1.24 bits per heavy atom. The largest absolute Gasteiger partial charge is 0.303 e. The first-order valence-corrected chi connectivity index (χ1v) is 10.7. The van der Waals surface area contributed by atoms with Crippen molar-refractivity contribution in [2.75, 3.05) is 13.1 Å². The lowest BCUT2D eigenvalue weighted by Gasteiger charge is -2.62. The zero-order chi connectivity index (χ0) is 17.6. The average molecular weight is 344 g/mol. The Bertz CT molecular complexity index is 632. The zero-order valence-corrected chi connectivity index (χ0v) is 16.1. The number of ketones is 1. The van der Waals surface area contributed by atoms with Crippen molar-refractivity contribution in [3.8, 4) is 0 Å². The Hall–Kier alpha value is -0.700. The van der Waals surface area contributed by atoms with Gasteiger partial charge in [-0.15, -0.1) is 0 Å². The summed E-state index contributed by atoms with van der Waals surface area (Å²) >= 11 is 0. The second-order valence-corrected chi connectivity index (χ2v) is 10.3. The molecule has 0 aromatic carbocycles. The van der Waals surface area contributed by atoms with Crippen molar-refractivity contribution >= 4 is 12.1 Å². The van der Waals surface area contributed by atoms with Gasteiger partial charge in [0.25, 0.3) is 0 Å². The van der Waals surface area contributed by atoms with Crippen molar-refractivity contribution in [3.05, 3.63) is 0 Å². The van der Waals surface area contributed by atoms with Gasteiger partial charge in [0.15, 0.2) is 0 Å². The molecule has 8 atom stereocenters. The highest BCUT2D eigenvalue weighted by Gasteiger charge is 2.81. The van der Waals surface area contributed by atoms with Crippen LogP contribution in [-0.4, -0.2) is 36.1 Å². The van der Waals surface area contributed by atoms with E-state index in [2.05, 4.69) is 25.7 Å². The first-order chi connectivity index (χ1) is 12.0. The molecule has 1 aliphatic heterocycles. The second kappa shape index (κ2) is 4.97. The summed E-state index contributed by atoms with van der Waals surface area (Å²) < 4.78 is 0. The van der Waals surface area contributed by atoms with E-state index in [4.69, 9.17) is 0 Å². The Balaban J connectivity index is 1.71. The summed E-state index contributed by atoms with van der Waals surface area (Å²) in [5.74, 6) is 1.68. The number of carbonyl (C=O) groups is 2. The lowest BCUT2D eigenvalue weighted by molar-refractivity contribution is -0.166. The highest BCUT2D eigenvalue weighted by Crippen LogP contribution is 2.79. The number of aldehydes is 1. The molecule has 0 aromatic heterocycles. The van der Waals surface area contributed by atoms with Crippen LogP contribution in [0.3, 0.4) is 0 Å². The molecule has 0 aromatic rings. The van der Waals surface area contributed by atoms with Crippen molar-refractivity contribution < 1.29 is 9.59 Å². The number of hydrogen-bond donors (Lipinski definition) is 0. The van der Waals surface area contributed by atoms with Crippen LogP contribution in [0.4, 0.5) is 0 Å². The van der Waals surface area contributed by atoms with Crippen LogP contribution >= 0.6 is 0 Å². The van der Waals surface area contributed by atoms with E-state index < -0.39 is 0 Å². The second-order valence-electron chi connectivity index (χ2n) is 10.3. The van der Waals surface area contributed by atoms with Crippen LogP contribution in [0.1, 0.15) is 65.7 Å². The van der Waals surface area contributed by atoms with E-state index >= 15 is 0 Å². The van der Waals surface area contributed by atoms with E-state index in [0.29, 0.717) is 29.1 Å². The van der Waals surface area contributed by atoms with Crippen molar-refractivity contribution in [3.63, 3.8) is 0 Å². The molecular weight excluding hydrogens is 310 g/mol. The summed E-state index contributed by atoms with van der Waals surface area (Å²) in [6, 6.07) is 0.486. The van der Waals surface area contributed by atoms with Crippen molar-refractivity contribution in [2.24, 2.45) is 39.9 Å². The number of carbonyl (C=O) groups excluding carboxylic acids is 2. The van der Waals surface area contributed by atoms with Gasteiger partial charge in [0, 0.05) is 29.8 Å². The molecule has 3 nitrogen and oxygen atoms in total. The summed E-state index contributed by atoms with van der Waals surface area (Å²) in [5.41, 5.74) is 0.128. The standard InChI is InChI=1S/C22H33NO2/c1-4-23-13-20(3)8-6-10-22-16(20)11-15(18(22)23)21(17(22)12-24)9-5-7-14(2)19(21)25/h12,14-18H,4-11,13H2,1-3H3/t14-,15+,16-,17+,18?,20+,21+,22+/m1/s1. The highest BCUT2D eigenvalue weighted by atomic mass is 16.1. The van der Waals surface area contributed by atoms with Crippen LogP contribution in [0.2, 0.25) is 0 Å². The van der Waals surface area contributed by atoms with E-state index in [1.165, 1.54) is 38.5 Å². The SMILES string of the molecule is CCN1C[C@]2(C)CCC[C@]34C1[C@H](C[C@H]23)[C@@]1(CCC[C@@H](C)C1=O)[C@@H]4C=O. The fraction of sp³-hybridized carbons (Fsp3) is 0.909. The van der Waals surface area contributed by atoms with Crippen LogP contribution < -0.4 is 0 Å². The van der Waals surface area contributed by atoms with Gasteiger partial charge in [-0.25, -0.2) is 0 Å². The van der Waals surface area contributed by atoms with E-state index in [-0.39, 0.29) is 22.7 Å². The third-order valence-corrected chi connectivity index (χ3v) is 9.70. The van der Waals surface area contributed by atoms with Crippen LogP contribution in [0.15, 0.2) is 0 Å². The number of hydrogen-bond acceptors (Lipinski definition) is 3. The van der Waals surface area contributed by atoms with Crippen molar-refractivity contribution in [2.45, 2.75) is 71.8 Å². The van der Waals surface area contributed by atoms with Crippen LogP contribution in [0.25, 0.3) is 0 Å². The first-order valence-electron chi connectivity index (χ1n) is 10.7. The maximum absolute atomic E-state index is 13.6. The van der Waals surface area contributed by atoms with Gasteiger partial charge in [-0.1, -0.05) is 33.6 Å². The van der Waals surface area contributed by atoms with Gasteiger partial charge in [0.05, 0.1) is 0 Å². The van der Waals surface area contributed by atoms with E-state index in [9.17, 15) is 9.59 Å². The number of nitrogens with zero attached hydrogens (tertiary/aromatic N) is 1. The van der Waals surface area contributed by atoms with Crippen LogP contribution in [0, 0.1) is 39.9 Å². The van der Waals surface area contributed by atoms with E-state index in [1.807, 2.05) is 0 Å². The summed E-state index contributed by atoms with van der Waals surface area (Å²) in [7, 11) is 0. The molecule has 1 saturated heterocycles. The smallest absolute Gasteiger partial charge is 0.142 e. The third kappa shape index (κ3) is 1.60. The molecule has 0 N–H and O–H groups in total. The fourth-order valence-corrected chi connectivity index (χ4v) is 9.16. The Morgan fingerprint density at radius 2 is 2.04 bits per heavy atom. The Kier molecular flexibility index (Phi) is 3.27. The molecule has 5 rings (SSSR count). The summed E-state index contributed by atoms with van der Waals surface area (Å²) in [4.78, 5) is 28.8. The number of Topliss-reactive ketones (excluding diaryl/α,β-unsaturated/α-hetero) is 1. The fourth-order valence-electron chi connectivity index (χ4n) is 9.16. The molecule has 5 aliphatic rings. The lowest BCUT2D eigenvalue weighted by Crippen LogP contribution is -2.63. The topological polar surface area (TPSA) is 37.4 Å². The third-order valence-electron chi connectivity index (χ3n) is 9.70. The zero-order valence-electron chi connectivity index (χ0n) is 16.1.